The highest BCUT2D eigenvalue weighted by Gasteiger charge is 2.29. The molecule has 0 unspecified atom stereocenters. The normalized spacial score (nSPS) is 14.0. The number of primary amides is 1. The van der Waals surface area contributed by atoms with Gasteiger partial charge < -0.3 is 25.0 Å². The Morgan fingerprint density at radius 2 is 1.95 bits per heavy atom. The molecule has 0 fully saturated rings. The number of unbranched alkanes of at least 4 members (excludes halogenated alkanes) is 1. The third-order valence-corrected chi connectivity index (χ3v) is 7.19. The van der Waals surface area contributed by atoms with E-state index in [1.807, 2.05) is 48.7 Å². The number of anilines is 1. The van der Waals surface area contributed by atoms with Gasteiger partial charge in [0.25, 0.3) is 5.91 Å². The highest BCUT2D eigenvalue weighted by atomic mass is 16.5. The number of amides is 3. The van der Waals surface area contributed by atoms with Crippen molar-refractivity contribution in [3.05, 3.63) is 71.0 Å². The molecule has 1 aliphatic heterocycles. The van der Waals surface area contributed by atoms with E-state index in [0.29, 0.717) is 67.5 Å². The Bertz CT molecular complexity index is 1590. The Labute approximate surface area is 236 Å². The van der Waals surface area contributed by atoms with Crippen LogP contribution in [0, 0.1) is 6.92 Å². The average molecular weight is 560 g/mol. The number of nitrogens with two attached hydrogens (primary N) is 1. The standard InChI is InChI=1S/C29H33N7O5/c1-3-35-23(13-18(2)33-35)27(38)32-28-31-22-14-20(26(30)37)15-24-25(22)36(28)21(17-41-24)11-7-8-12-34(29(39)40)16-19-9-5-4-6-10-19/h4-6,9-10,13-15,21H,3,7-8,11-12,16-17H2,1-2H3,(H2,30,37)(H,39,40)(H,31,32,38)/t21-/m0/s1. The fourth-order valence-corrected chi connectivity index (χ4v) is 5.23. The highest BCUT2D eigenvalue weighted by molar-refractivity contribution is 6.04. The van der Waals surface area contributed by atoms with Crippen LogP contribution in [0.5, 0.6) is 5.75 Å². The lowest BCUT2D eigenvalue weighted by atomic mass is 10.1. The van der Waals surface area contributed by atoms with Gasteiger partial charge in [0.15, 0.2) is 0 Å². The zero-order valence-corrected chi connectivity index (χ0v) is 23.0. The maximum Gasteiger partial charge on any atom is 0.407 e. The van der Waals surface area contributed by atoms with Gasteiger partial charge in [-0.2, -0.15) is 5.10 Å². The third-order valence-electron chi connectivity index (χ3n) is 7.19. The summed E-state index contributed by atoms with van der Waals surface area (Å²) in [5.41, 5.74) is 9.02. The molecule has 214 valence electrons. The molecule has 2 aromatic carbocycles. The lowest BCUT2D eigenvalue weighted by Crippen LogP contribution is -2.30. The van der Waals surface area contributed by atoms with Gasteiger partial charge in [-0.25, -0.2) is 9.78 Å². The van der Waals surface area contributed by atoms with Crippen molar-refractivity contribution in [3.63, 3.8) is 0 Å². The van der Waals surface area contributed by atoms with Crippen LogP contribution in [-0.2, 0) is 13.1 Å². The van der Waals surface area contributed by atoms with Crippen molar-refractivity contribution in [2.45, 2.75) is 52.2 Å². The maximum atomic E-state index is 13.3. The van der Waals surface area contributed by atoms with Crippen molar-refractivity contribution in [1.82, 2.24) is 24.2 Å². The zero-order chi connectivity index (χ0) is 29.1. The van der Waals surface area contributed by atoms with Crippen LogP contribution in [0.25, 0.3) is 11.0 Å². The second kappa shape index (κ2) is 11.7. The molecule has 4 aromatic rings. The zero-order valence-electron chi connectivity index (χ0n) is 23.0. The number of hydrogen-bond donors (Lipinski definition) is 3. The van der Waals surface area contributed by atoms with E-state index in [9.17, 15) is 19.5 Å². The number of carbonyl (C=O) groups excluding carboxylic acids is 2. The number of aryl methyl sites for hydroxylation is 2. The summed E-state index contributed by atoms with van der Waals surface area (Å²) < 4.78 is 9.61. The van der Waals surface area contributed by atoms with E-state index >= 15 is 0 Å². The second-order valence-electron chi connectivity index (χ2n) is 10.1. The van der Waals surface area contributed by atoms with Crippen molar-refractivity contribution in [2.24, 2.45) is 5.73 Å². The van der Waals surface area contributed by atoms with E-state index in [0.717, 1.165) is 17.7 Å². The van der Waals surface area contributed by atoms with E-state index in [1.54, 1.807) is 22.9 Å². The van der Waals surface area contributed by atoms with Crippen LogP contribution in [0.1, 0.15) is 64.3 Å². The minimum absolute atomic E-state index is 0.174. The molecule has 0 aliphatic carbocycles. The van der Waals surface area contributed by atoms with Crippen LogP contribution >= 0.6 is 0 Å². The molecule has 4 N–H and O–H groups in total. The fraction of sp³-hybridized carbons (Fsp3) is 0.345. The van der Waals surface area contributed by atoms with Crippen LogP contribution in [0.2, 0.25) is 0 Å². The summed E-state index contributed by atoms with van der Waals surface area (Å²) in [6.45, 7) is 5.28. The van der Waals surface area contributed by atoms with Gasteiger partial charge >= 0.3 is 6.09 Å². The predicted octanol–water partition coefficient (Wildman–Crippen LogP) is 4.20. The number of nitrogens with zero attached hydrogens (tertiary/aromatic N) is 5. The summed E-state index contributed by atoms with van der Waals surface area (Å²) in [5.74, 6) is -0.150. The molecule has 1 aliphatic rings. The number of aromatic nitrogens is 4. The monoisotopic (exact) mass is 559 g/mol. The summed E-state index contributed by atoms with van der Waals surface area (Å²) in [7, 11) is 0. The minimum atomic E-state index is -0.961. The number of ether oxygens (including phenoxy) is 1. The molecule has 5 rings (SSSR count). The summed E-state index contributed by atoms with van der Waals surface area (Å²) in [5, 5.41) is 17.0. The van der Waals surface area contributed by atoms with Crippen molar-refractivity contribution in [3.8, 4) is 5.75 Å². The smallest absolute Gasteiger partial charge is 0.407 e. The number of imidazole rings is 1. The van der Waals surface area contributed by atoms with Gasteiger partial charge in [-0.1, -0.05) is 30.3 Å². The van der Waals surface area contributed by atoms with Gasteiger partial charge in [-0.3, -0.25) is 19.6 Å². The molecule has 2 aromatic heterocycles. The molecule has 0 saturated carbocycles. The van der Waals surface area contributed by atoms with Crippen LogP contribution < -0.4 is 15.8 Å². The number of benzene rings is 2. The minimum Gasteiger partial charge on any atom is -0.489 e. The summed E-state index contributed by atoms with van der Waals surface area (Å²) in [6, 6.07) is 14.2. The Balaban J connectivity index is 1.36. The highest BCUT2D eigenvalue weighted by Crippen LogP contribution is 2.38. The van der Waals surface area contributed by atoms with Gasteiger partial charge in [0.05, 0.1) is 17.3 Å². The van der Waals surface area contributed by atoms with E-state index < -0.39 is 12.0 Å². The molecule has 0 radical (unpaired) electrons. The largest absolute Gasteiger partial charge is 0.489 e. The summed E-state index contributed by atoms with van der Waals surface area (Å²) >= 11 is 0. The van der Waals surface area contributed by atoms with E-state index in [1.165, 1.54) is 4.90 Å². The average Bonchev–Trinajstić information content (AvgIpc) is 3.52. The first-order valence-electron chi connectivity index (χ1n) is 13.6. The molecule has 0 spiro atoms. The first kappa shape index (κ1) is 27.7. The van der Waals surface area contributed by atoms with Crippen LogP contribution in [0.15, 0.2) is 48.5 Å². The molecule has 3 heterocycles. The molecule has 41 heavy (non-hydrogen) atoms. The van der Waals surface area contributed by atoms with Crippen LogP contribution in [0.4, 0.5) is 10.7 Å². The van der Waals surface area contributed by atoms with Gasteiger partial charge in [-0.05, 0) is 56.9 Å². The molecule has 3 amide bonds. The second-order valence-corrected chi connectivity index (χ2v) is 10.1. The lowest BCUT2D eigenvalue weighted by Gasteiger charge is -2.28. The van der Waals surface area contributed by atoms with E-state index in [-0.39, 0.29) is 17.5 Å². The van der Waals surface area contributed by atoms with E-state index in [4.69, 9.17) is 10.5 Å². The first-order valence-corrected chi connectivity index (χ1v) is 13.6. The number of hydrogen-bond acceptors (Lipinski definition) is 6. The lowest BCUT2D eigenvalue weighted by molar-refractivity contribution is 0.0995. The maximum absolute atomic E-state index is 13.3. The van der Waals surface area contributed by atoms with Gasteiger partial charge in [0, 0.05) is 25.2 Å². The predicted molar refractivity (Wildman–Crippen MR) is 152 cm³/mol. The van der Waals surface area contributed by atoms with Crippen molar-refractivity contribution in [2.75, 3.05) is 18.5 Å². The summed E-state index contributed by atoms with van der Waals surface area (Å²) in [4.78, 5) is 43.1. The van der Waals surface area contributed by atoms with Gasteiger partial charge in [0.2, 0.25) is 11.9 Å². The molecular weight excluding hydrogens is 526 g/mol. The van der Waals surface area contributed by atoms with Crippen molar-refractivity contribution >= 4 is 34.9 Å². The van der Waals surface area contributed by atoms with E-state index in [2.05, 4.69) is 15.4 Å². The number of carboxylic acid groups (broad SMARTS) is 1. The topological polar surface area (TPSA) is 158 Å². The Morgan fingerprint density at radius 1 is 1.17 bits per heavy atom. The molecule has 12 heteroatoms. The van der Waals surface area contributed by atoms with Crippen LogP contribution in [0.3, 0.4) is 0 Å². The van der Waals surface area contributed by atoms with Gasteiger partial charge in [-0.15, -0.1) is 0 Å². The molecular formula is C29H33N7O5. The molecule has 0 saturated heterocycles. The number of carbonyl (C=O) groups is 3. The van der Waals surface area contributed by atoms with Gasteiger partial charge in [0.1, 0.15) is 23.6 Å². The molecule has 0 bridgehead atoms. The fourth-order valence-electron chi connectivity index (χ4n) is 5.23. The number of rotatable bonds is 11. The Hall–Kier alpha value is -4.87. The number of nitrogens with one attached hydrogen (secondary N) is 1. The molecule has 1 atom stereocenters. The SMILES string of the molecule is CCn1nc(C)cc1C(=O)Nc1nc2cc(C(N)=O)cc3c2n1[C@@H](CCCCN(Cc1ccccc1)C(=O)O)CO3. The van der Waals surface area contributed by atoms with Crippen molar-refractivity contribution < 1.29 is 24.2 Å². The summed E-state index contributed by atoms with van der Waals surface area (Å²) in [6.07, 6.45) is 1.07. The van der Waals surface area contributed by atoms with Crippen LogP contribution in [-0.4, -0.2) is 60.4 Å². The Kier molecular flexibility index (Phi) is 7.90. The van der Waals surface area contributed by atoms with Crippen molar-refractivity contribution in [1.29, 1.82) is 0 Å². The first-order chi connectivity index (χ1) is 19.7. The quantitative estimate of drug-likeness (QED) is 0.232. The third kappa shape index (κ3) is 5.86. The Morgan fingerprint density at radius 3 is 2.66 bits per heavy atom. The molecule has 12 nitrogen and oxygen atoms in total.